The summed E-state index contributed by atoms with van der Waals surface area (Å²) in [6.45, 7) is 4.81. The van der Waals surface area contributed by atoms with Gasteiger partial charge in [0.2, 0.25) is 0 Å². The van der Waals surface area contributed by atoms with Crippen molar-refractivity contribution in [2.24, 2.45) is 5.73 Å². The van der Waals surface area contributed by atoms with Crippen LogP contribution in [0.2, 0.25) is 10.0 Å². The molecule has 14 heavy (non-hydrogen) atoms. The Bertz CT molecular complexity index is 319. The van der Waals surface area contributed by atoms with Crippen LogP contribution in [-0.4, -0.2) is 6.54 Å². The molecule has 1 unspecified atom stereocenters. The van der Waals surface area contributed by atoms with E-state index >= 15 is 0 Å². The minimum Gasteiger partial charge on any atom is -0.330 e. The molecule has 3 heteroatoms. The fourth-order valence-corrected chi connectivity index (χ4v) is 2.06. The molecular weight excluding hydrogens is 217 g/mol. The van der Waals surface area contributed by atoms with Gasteiger partial charge in [0.05, 0.1) is 0 Å². The summed E-state index contributed by atoms with van der Waals surface area (Å²) in [6.07, 6.45) is 0.963. The van der Waals surface area contributed by atoms with Crippen LogP contribution in [0.1, 0.15) is 25.8 Å². The average molecular weight is 232 g/mol. The van der Waals surface area contributed by atoms with Gasteiger partial charge in [-0.25, -0.2) is 0 Å². The Morgan fingerprint density at radius 3 is 2.43 bits per heavy atom. The lowest BCUT2D eigenvalue weighted by molar-refractivity contribution is 0.467. The third kappa shape index (κ3) is 2.22. The van der Waals surface area contributed by atoms with Crippen LogP contribution in [0, 0.1) is 0 Å². The molecule has 1 aromatic rings. The van der Waals surface area contributed by atoms with Crippen LogP contribution in [0.4, 0.5) is 0 Å². The minimum atomic E-state index is -0.0539. The molecule has 0 fully saturated rings. The van der Waals surface area contributed by atoms with E-state index in [9.17, 15) is 0 Å². The van der Waals surface area contributed by atoms with Crippen LogP contribution in [0.5, 0.6) is 0 Å². The van der Waals surface area contributed by atoms with Crippen molar-refractivity contribution in [2.75, 3.05) is 6.54 Å². The highest BCUT2D eigenvalue weighted by Crippen LogP contribution is 2.33. The fraction of sp³-hybridized carbons (Fsp3) is 0.455. The van der Waals surface area contributed by atoms with Crippen molar-refractivity contribution >= 4 is 23.2 Å². The van der Waals surface area contributed by atoms with Crippen molar-refractivity contribution in [1.82, 2.24) is 0 Å². The maximum Gasteiger partial charge on any atom is 0.0458 e. The van der Waals surface area contributed by atoms with Gasteiger partial charge in [0, 0.05) is 22.0 Å². The van der Waals surface area contributed by atoms with Crippen molar-refractivity contribution in [2.45, 2.75) is 25.7 Å². The van der Waals surface area contributed by atoms with Gasteiger partial charge in [-0.2, -0.15) is 0 Å². The van der Waals surface area contributed by atoms with E-state index < -0.39 is 0 Å². The van der Waals surface area contributed by atoms with Crippen molar-refractivity contribution < 1.29 is 0 Å². The van der Waals surface area contributed by atoms with Crippen LogP contribution in [0.3, 0.4) is 0 Å². The largest absolute Gasteiger partial charge is 0.330 e. The number of hydrogen-bond donors (Lipinski definition) is 1. The molecule has 0 radical (unpaired) electrons. The maximum atomic E-state index is 6.13. The van der Waals surface area contributed by atoms with Gasteiger partial charge in [-0.3, -0.25) is 0 Å². The second kappa shape index (κ2) is 4.52. The predicted molar refractivity (Wildman–Crippen MR) is 63.2 cm³/mol. The first-order chi connectivity index (χ1) is 6.53. The average Bonchev–Trinajstić information content (AvgIpc) is 2.17. The Hall–Kier alpha value is -0.240. The molecule has 0 saturated carbocycles. The molecule has 1 aromatic carbocycles. The Balaban J connectivity index is 3.17. The third-order valence-corrected chi connectivity index (χ3v) is 3.36. The van der Waals surface area contributed by atoms with Gasteiger partial charge < -0.3 is 5.73 Å². The molecule has 0 aliphatic carbocycles. The molecule has 0 heterocycles. The molecule has 1 atom stereocenters. The highest BCUT2D eigenvalue weighted by molar-refractivity contribution is 6.35. The smallest absolute Gasteiger partial charge is 0.0458 e. The van der Waals surface area contributed by atoms with Gasteiger partial charge in [0.25, 0.3) is 0 Å². The van der Waals surface area contributed by atoms with E-state index in [4.69, 9.17) is 28.9 Å². The van der Waals surface area contributed by atoms with E-state index in [1.807, 2.05) is 12.1 Å². The monoisotopic (exact) mass is 231 g/mol. The normalized spacial score (nSPS) is 15.2. The van der Waals surface area contributed by atoms with Crippen molar-refractivity contribution in [3.63, 3.8) is 0 Å². The van der Waals surface area contributed by atoms with Crippen molar-refractivity contribution in [3.05, 3.63) is 33.8 Å². The number of nitrogens with two attached hydrogens (primary N) is 1. The predicted octanol–water partition coefficient (Wildman–Crippen LogP) is 3.62. The first-order valence-electron chi connectivity index (χ1n) is 4.69. The van der Waals surface area contributed by atoms with E-state index in [1.165, 1.54) is 0 Å². The summed E-state index contributed by atoms with van der Waals surface area (Å²) in [5.41, 5.74) is 6.79. The molecule has 0 aliphatic rings. The van der Waals surface area contributed by atoms with E-state index in [2.05, 4.69) is 13.8 Å². The Labute approximate surface area is 95.2 Å². The number of benzene rings is 1. The molecule has 0 bridgehead atoms. The zero-order valence-corrected chi connectivity index (χ0v) is 9.99. The third-order valence-electron chi connectivity index (χ3n) is 2.81. The molecule has 0 aliphatic heterocycles. The van der Waals surface area contributed by atoms with Gasteiger partial charge in [0.15, 0.2) is 0 Å². The van der Waals surface area contributed by atoms with Gasteiger partial charge in [-0.1, -0.05) is 43.1 Å². The van der Waals surface area contributed by atoms with Crippen molar-refractivity contribution in [1.29, 1.82) is 0 Å². The summed E-state index contributed by atoms with van der Waals surface area (Å²) < 4.78 is 0. The zero-order valence-electron chi connectivity index (χ0n) is 8.48. The Kier molecular flexibility index (Phi) is 3.82. The summed E-state index contributed by atoms with van der Waals surface area (Å²) in [5.74, 6) is 0. The van der Waals surface area contributed by atoms with E-state index in [1.54, 1.807) is 6.07 Å². The second-order valence-electron chi connectivity index (χ2n) is 3.74. The van der Waals surface area contributed by atoms with Crippen LogP contribution in [0.15, 0.2) is 18.2 Å². The second-order valence-corrected chi connectivity index (χ2v) is 4.59. The highest BCUT2D eigenvalue weighted by Gasteiger charge is 2.25. The molecule has 1 nitrogen and oxygen atoms in total. The Morgan fingerprint density at radius 2 is 2.00 bits per heavy atom. The van der Waals surface area contributed by atoms with Crippen molar-refractivity contribution in [3.8, 4) is 0 Å². The quantitative estimate of drug-likeness (QED) is 0.846. The first kappa shape index (κ1) is 11.8. The van der Waals surface area contributed by atoms with Gasteiger partial charge >= 0.3 is 0 Å². The van der Waals surface area contributed by atoms with Crippen LogP contribution in [0.25, 0.3) is 0 Å². The molecular formula is C11H15Cl2N. The van der Waals surface area contributed by atoms with Gasteiger partial charge in [0.1, 0.15) is 0 Å². The summed E-state index contributed by atoms with van der Waals surface area (Å²) in [6, 6.07) is 5.58. The van der Waals surface area contributed by atoms with Crippen LogP contribution in [-0.2, 0) is 5.41 Å². The fourth-order valence-electron chi connectivity index (χ4n) is 1.42. The molecule has 0 saturated heterocycles. The lowest BCUT2D eigenvalue weighted by Crippen LogP contribution is -2.31. The summed E-state index contributed by atoms with van der Waals surface area (Å²) in [5, 5.41) is 1.36. The topological polar surface area (TPSA) is 26.0 Å². The van der Waals surface area contributed by atoms with E-state index in [-0.39, 0.29) is 5.41 Å². The number of hydrogen-bond acceptors (Lipinski definition) is 1. The maximum absolute atomic E-state index is 6.13. The molecule has 0 spiro atoms. The lowest BCUT2D eigenvalue weighted by atomic mass is 9.80. The summed E-state index contributed by atoms with van der Waals surface area (Å²) in [4.78, 5) is 0. The van der Waals surface area contributed by atoms with Gasteiger partial charge in [-0.15, -0.1) is 0 Å². The first-order valence-corrected chi connectivity index (χ1v) is 5.44. The zero-order chi connectivity index (χ0) is 10.8. The number of halogens is 2. The summed E-state index contributed by atoms with van der Waals surface area (Å²) >= 11 is 12.0. The van der Waals surface area contributed by atoms with E-state index in [0.717, 1.165) is 12.0 Å². The molecule has 1 rings (SSSR count). The van der Waals surface area contributed by atoms with Crippen LogP contribution >= 0.6 is 23.2 Å². The molecule has 2 N–H and O–H groups in total. The summed E-state index contributed by atoms with van der Waals surface area (Å²) in [7, 11) is 0. The highest BCUT2D eigenvalue weighted by atomic mass is 35.5. The van der Waals surface area contributed by atoms with Crippen LogP contribution < -0.4 is 5.73 Å². The Morgan fingerprint density at radius 1 is 1.36 bits per heavy atom. The molecule has 0 aromatic heterocycles. The van der Waals surface area contributed by atoms with E-state index in [0.29, 0.717) is 16.6 Å². The standard InChI is InChI=1S/C11H15Cl2N/c1-3-11(2,7-14)9-5-4-8(12)6-10(9)13/h4-6H,3,7,14H2,1-2H3. The molecule has 0 amide bonds. The number of rotatable bonds is 3. The minimum absolute atomic E-state index is 0.0539. The SMILES string of the molecule is CCC(C)(CN)c1ccc(Cl)cc1Cl. The van der Waals surface area contributed by atoms with Gasteiger partial charge in [-0.05, 0) is 24.1 Å². The lowest BCUT2D eigenvalue weighted by Gasteiger charge is -2.28. The molecule has 78 valence electrons.